The topological polar surface area (TPSA) is 143 Å². The van der Waals surface area contributed by atoms with Crippen molar-refractivity contribution in [2.45, 2.75) is 130 Å². The molecule has 0 radical (unpaired) electrons. The van der Waals surface area contributed by atoms with E-state index in [9.17, 15) is 28.8 Å². The van der Waals surface area contributed by atoms with Crippen LogP contribution in [0.5, 0.6) is 0 Å². The lowest BCUT2D eigenvalue weighted by Crippen LogP contribution is -2.57. The number of esters is 2. The summed E-state index contributed by atoms with van der Waals surface area (Å²) in [6.45, 7) is 16.6. The molecule has 0 bridgehead atoms. The van der Waals surface area contributed by atoms with Gasteiger partial charge in [-0.1, -0.05) is 91.3 Å². The van der Waals surface area contributed by atoms with Crippen molar-refractivity contribution in [3.63, 3.8) is 0 Å². The number of amides is 4. The number of hydrogen-bond acceptors (Lipinski definition) is 8. The zero-order chi connectivity index (χ0) is 39.6. The van der Waals surface area contributed by atoms with Crippen LogP contribution in [0.4, 0.5) is 0 Å². The number of likely N-dealkylation sites (N-methyl/N-ethyl adjacent to an activating group) is 2. The summed E-state index contributed by atoms with van der Waals surface area (Å²) in [5, 5.41) is 2.90. The monoisotopic (exact) mass is 738 g/mol. The van der Waals surface area contributed by atoms with E-state index in [2.05, 4.69) is 11.9 Å². The summed E-state index contributed by atoms with van der Waals surface area (Å²) in [6, 6.07) is 5.16. The number of carbonyl (C=O) groups is 6. The zero-order valence-corrected chi connectivity index (χ0v) is 33.2. The third kappa shape index (κ3) is 10.7. The van der Waals surface area contributed by atoms with Crippen LogP contribution >= 0.6 is 0 Å². The second-order valence-electron chi connectivity index (χ2n) is 15.4. The lowest BCUT2D eigenvalue weighted by atomic mass is 9.94. The van der Waals surface area contributed by atoms with E-state index >= 15 is 0 Å². The van der Waals surface area contributed by atoms with Gasteiger partial charge in [-0.05, 0) is 55.4 Å². The van der Waals surface area contributed by atoms with Gasteiger partial charge in [0, 0.05) is 27.1 Å². The first-order valence-corrected chi connectivity index (χ1v) is 19.2. The number of nitrogens with one attached hydrogen (secondary N) is 1. The highest BCUT2D eigenvalue weighted by molar-refractivity contribution is 5.95. The van der Waals surface area contributed by atoms with Crippen molar-refractivity contribution < 1.29 is 38.2 Å². The summed E-state index contributed by atoms with van der Waals surface area (Å²) in [6.07, 6.45) is 2.82. The molecule has 12 nitrogen and oxygen atoms in total. The van der Waals surface area contributed by atoms with Gasteiger partial charge in [0.1, 0.15) is 30.3 Å². The van der Waals surface area contributed by atoms with Crippen LogP contribution < -0.4 is 5.32 Å². The molecule has 2 aliphatic heterocycles. The molecule has 53 heavy (non-hydrogen) atoms. The molecule has 0 spiro atoms. The molecular weight excluding hydrogens is 676 g/mol. The van der Waals surface area contributed by atoms with Crippen molar-refractivity contribution in [1.29, 1.82) is 0 Å². The van der Waals surface area contributed by atoms with Crippen molar-refractivity contribution in [3.05, 3.63) is 48.6 Å². The Morgan fingerprint density at radius 1 is 0.887 bits per heavy atom. The second kappa shape index (κ2) is 19.7. The first-order chi connectivity index (χ1) is 25.0. The maximum atomic E-state index is 14.3. The molecule has 8 atom stereocenters. The molecule has 294 valence electrons. The number of allylic oxidation sites excluding steroid dienone is 1. The molecular formula is C41H62N4O8. The van der Waals surface area contributed by atoms with Crippen LogP contribution in [-0.2, 0) is 44.7 Å². The predicted octanol–water partition coefficient (Wildman–Crippen LogP) is 4.55. The van der Waals surface area contributed by atoms with Crippen LogP contribution in [0.25, 0.3) is 0 Å². The summed E-state index contributed by atoms with van der Waals surface area (Å²) in [4.78, 5) is 89.3. The fourth-order valence-electron chi connectivity index (χ4n) is 7.14. The Bertz CT molecular complexity index is 1450. The minimum absolute atomic E-state index is 0.101. The molecule has 4 amide bonds. The molecule has 1 aromatic rings. The van der Waals surface area contributed by atoms with E-state index in [-0.39, 0.29) is 24.8 Å². The third-order valence-electron chi connectivity index (χ3n) is 10.8. The smallest absolute Gasteiger partial charge is 0.329 e. The standard InChI is InChI=1S/C41H62N4O8/c1-11-13-15-22-32-28(8)36(46)42-33(25(3)4)38(48)43(9)31(24-29-19-16-14-17-20-29)40(50)53-35(26(5)6)39(49)45-23-18-21-30(45)37(47)44(10)34(27(7)12-2)41(51)52-32/h11,14,16-17,19-20,25-28,30-35H,1,12-13,15,18,21-24H2,2-10H3,(H,42,46)/t27?,28?,30-,31-,32?,33-,34-,35-/m0/s1. The Hall–Kier alpha value is -4.22. The SMILES string of the molecule is C=CCCCC1OC(=O)[C@H](C(C)CC)N(C)C(=O)[C@@H]2CCCN2C(=O)[C@H](C(C)C)OC(=O)[C@H](Cc2ccccc2)N(C)C(=O)[C@H](C(C)C)NC(=O)C1C. The number of carbonyl (C=O) groups excluding carboxylic acids is 6. The maximum Gasteiger partial charge on any atom is 0.329 e. The molecule has 2 heterocycles. The molecule has 2 saturated heterocycles. The first kappa shape index (κ1) is 43.2. The van der Waals surface area contributed by atoms with Crippen molar-refractivity contribution in [1.82, 2.24) is 20.0 Å². The molecule has 0 aromatic heterocycles. The molecule has 2 aliphatic rings. The first-order valence-electron chi connectivity index (χ1n) is 19.2. The van der Waals surface area contributed by atoms with E-state index in [0.29, 0.717) is 38.5 Å². The van der Waals surface area contributed by atoms with Gasteiger partial charge in [-0.25, -0.2) is 9.59 Å². The number of rotatable bonds is 10. The van der Waals surface area contributed by atoms with Crippen molar-refractivity contribution in [3.8, 4) is 0 Å². The number of nitrogens with zero attached hydrogens (tertiary/aromatic N) is 3. The summed E-state index contributed by atoms with van der Waals surface area (Å²) in [5.74, 6) is -5.32. The number of hydrogen-bond donors (Lipinski definition) is 1. The summed E-state index contributed by atoms with van der Waals surface area (Å²) < 4.78 is 12.2. The van der Waals surface area contributed by atoms with Crippen LogP contribution in [0.2, 0.25) is 0 Å². The van der Waals surface area contributed by atoms with Crippen LogP contribution in [0, 0.1) is 23.7 Å². The Kier molecular flexibility index (Phi) is 16.1. The van der Waals surface area contributed by atoms with Crippen LogP contribution in [-0.4, -0.2) is 107 Å². The van der Waals surface area contributed by atoms with Gasteiger partial charge in [0.05, 0.1) is 5.92 Å². The van der Waals surface area contributed by atoms with E-state index in [1.807, 2.05) is 44.2 Å². The Morgan fingerprint density at radius 3 is 2.13 bits per heavy atom. The summed E-state index contributed by atoms with van der Waals surface area (Å²) in [7, 11) is 3.05. The number of cyclic esters (lactones) is 2. The van der Waals surface area contributed by atoms with E-state index in [0.717, 1.165) is 5.56 Å². The lowest BCUT2D eigenvalue weighted by molar-refractivity contribution is -0.171. The minimum Gasteiger partial charge on any atom is -0.460 e. The van der Waals surface area contributed by atoms with Crippen LogP contribution in [0.1, 0.15) is 92.6 Å². The van der Waals surface area contributed by atoms with Gasteiger partial charge in [0.25, 0.3) is 5.91 Å². The van der Waals surface area contributed by atoms with Crippen molar-refractivity contribution >= 4 is 35.6 Å². The van der Waals surface area contributed by atoms with Gasteiger partial charge < -0.3 is 29.5 Å². The normalized spacial score (nSPS) is 27.8. The molecule has 1 aromatic carbocycles. The summed E-state index contributed by atoms with van der Waals surface area (Å²) >= 11 is 0. The Balaban J connectivity index is 2.18. The van der Waals surface area contributed by atoms with Crippen LogP contribution in [0.3, 0.4) is 0 Å². The van der Waals surface area contributed by atoms with E-state index < -0.39 is 83.8 Å². The van der Waals surface area contributed by atoms with E-state index in [1.54, 1.807) is 47.7 Å². The predicted molar refractivity (Wildman–Crippen MR) is 202 cm³/mol. The number of fused-ring (bicyclic) bond motifs is 1. The fraction of sp³-hybridized carbons (Fsp3) is 0.659. The molecule has 0 saturated carbocycles. The summed E-state index contributed by atoms with van der Waals surface area (Å²) in [5.41, 5.74) is 0.770. The molecule has 0 aliphatic carbocycles. The molecule has 12 heteroatoms. The van der Waals surface area contributed by atoms with Gasteiger partial charge in [-0.15, -0.1) is 6.58 Å². The second-order valence-corrected chi connectivity index (χ2v) is 15.4. The fourth-order valence-corrected chi connectivity index (χ4v) is 7.14. The molecule has 3 unspecified atom stereocenters. The minimum atomic E-state index is -1.24. The van der Waals surface area contributed by atoms with Gasteiger partial charge in [-0.3, -0.25) is 19.2 Å². The van der Waals surface area contributed by atoms with E-state index in [4.69, 9.17) is 9.47 Å². The largest absolute Gasteiger partial charge is 0.460 e. The zero-order valence-electron chi connectivity index (χ0n) is 33.2. The quantitative estimate of drug-likeness (QED) is 0.210. The Labute approximate surface area is 316 Å². The molecule has 1 N–H and O–H groups in total. The highest BCUT2D eigenvalue weighted by Gasteiger charge is 2.45. The highest BCUT2D eigenvalue weighted by atomic mass is 16.6. The molecule has 3 rings (SSSR count). The number of ether oxygens (including phenoxy) is 2. The lowest BCUT2D eigenvalue weighted by Gasteiger charge is -2.37. The maximum absolute atomic E-state index is 14.3. The highest BCUT2D eigenvalue weighted by Crippen LogP contribution is 2.28. The van der Waals surface area contributed by atoms with Crippen molar-refractivity contribution in [2.24, 2.45) is 23.7 Å². The van der Waals surface area contributed by atoms with Gasteiger partial charge >= 0.3 is 11.9 Å². The average Bonchev–Trinajstić information content (AvgIpc) is 3.63. The van der Waals surface area contributed by atoms with Crippen molar-refractivity contribution in [2.75, 3.05) is 20.6 Å². The van der Waals surface area contributed by atoms with Gasteiger partial charge in [0.2, 0.25) is 17.7 Å². The average molecular weight is 739 g/mol. The van der Waals surface area contributed by atoms with Gasteiger partial charge in [0.15, 0.2) is 6.10 Å². The van der Waals surface area contributed by atoms with E-state index in [1.165, 1.54) is 21.7 Å². The Morgan fingerprint density at radius 2 is 1.55 bits per heavy atom. The number of unbranched alkanes of at least 4 members (excludes halogenated alkanes) is 1. The molecule has 2 fully saturated rings. The third-order valence-corrected chi connectivity index (χ3v) is 10.8. The number of benzene rings is 1. The van der Waals surface area contributed by atoms with Gasteiger partial charge in [-0.2, -0.15) is 0 Å². The van der Waals surface area contributed by atoms with Crippen LogP contribution in [0.15, 0.2) is 43.0 Å².